The van der Waals surface area contributed by atoms with Crippen molar-refractivity contribution in [2.75, 3.05) is 19.8 Å². The predicted molar refractivity (Wildman–Crippen MR) is 85.7 cm³/mol. The molecule has 0 unspecified atom stereocenters. The second kappa shape index (κ2) is 7.57. The summed E-state index contributed by atoms with van der Waals surface area (Å²) in [4.78, 5) is 4.21. The van der Waals surface area contributed by atoms with Crippen LogP contribution in [-0.4, -0.2) is 41.5 Å². The second-order valence-corrected chi connectivity index (χ2v) is 6.87. The molecule has 0 aliphatic carbocycles. The van der Waals surface area contributed by atoms with Gasteiger partial charge >= 0.3 is 0 Å². The summed E-state index contributed by atoms with van der Waals surface area (Å²) < 4.78 is 13.5. The molecule has 1 aromatic rings. The van der Waals surface area contributed by atoms with Crippen LogP contribution in [0.15, 0.2) is 12.5 Å². The van der Waals surface area contributed by atoms with Gasteiger partial charge in [0.1, 0.15) is 6.10 Å². The Balaban J connectivity index is 1.48. The fraction of sp³-hybridized carbons (Fsp3) is 0.824. The highest BCUT2D eigenvalue weighted by Crippen LogP contribution is 2.28. The normalized spacial score (nSPS) is 28.6. The molecule has 5 nitrogen and oxygen atoms in total. The highest BCUT2D eigenvalue weighted by atomic mass is 16.5. The van der Waals surface area contributed by atoms with Gasteiger partial charge in [0.05, 0.1) is 18.2 Å². The minimum Gasteiger partial charge on any atom is -0.381 e. The Morgan fingerprint density at radius 3 is 2.86 bits per heavy atom. The van der Waals surface area contributed by atoms with Crippen molar-refractivity contribution in [3.05, 3.63) is 18.2 Å². The number of aryl methyl sites for hydroxylation is 1. The third-order valence-corrected chi connectivity index (χ3v) is 5.02. The number of rotatable bonds is 5. The van der Waals surface area contributed by atoms with Crippen molar-refractivity contribution >= 4 is 0 Å². The molecule has 0 bridgehead atoms. The van der Waals surface area contributed by atoms with Crippen LogP contribution >= 0.6 is 0 Å². The summed E-state index contributed by atoms with van der Waals surface area (Å²) in [5.74, 6) is 0.823. The molecule has 2 saturated heterocycles. The summed E-state index contributed by atoms with van der Waals surface area (Å²) in [5.41, 5.74) is 1.18. The third kappa shape index (κ3) is 4.09. The lowest BCUT2D eigenvalue weighted by Gasteiger charge is -2.33. The monoisotopic (exact) mass is 307 g/mol. The molecule has 3 heterocycles. The van der Waals surface area contributed by atoms with Crippen molar-refractivity contribution in [3.8, 4) is 0 Å². The Hall–Kier alpha value is -0.910. The van der Waals surface area contributed by atoms with Crippen LogP contribution in [0.4, 0.5) is 0 Å². The lowest BCUT2D eigenvalue weighted by molar-refractivity contribution is -0.00639. The molecule has 0 spiro atoms. The van der Waals surface area contributed by atoms with Gasteiger partial charge in [0.25, 0.3) is 0 Å². The first-order valence-corrected chi connectivity index (χ1v) is 8.64. The molecular formula is C17H29N3O2. The average Bonchev–Trinajstić information content (AvgIpc) is 2.94. The van der Waals surface area contributed by atoms with E-state index in [9.17, 15) is 0 Å². The third-order valence-electron chi connectivity index (χ3n) is 5.02. The van der Waals surface area contributed by atoms with Gasteiger partial charge in [-0.3, -0.25) is 0 Å². The summed E-state index contributed by atoms with van der Waals surface area (Å²) >= 11 is 0. The number of hydrogen-bond acceptors (Lipinski definition) is 4. The van der Waals surface area contributed by atoms with Crippen LogP contribution in [0.2, 0.25) is 0 Å². The average molecular weight is 307 g/mol. The molecule has 2 fully saturated rings. The van der Waals surface area contributed by atoms with Crippen LogP contribution in [0, 0.1) is 5.92 Å². The van der Waals surface area contributed by atoms with Gasteiger partial charge in [0.15, 0.2) is 0 Å². The minimum atomic E-state index is 0.175. The van der Waals surface area contributed by atoms with Crippen LogP contribution in [0.25, 0.3) is 0 Å². The molecule has 0 saturated carbocycles. The Morgan fingerprint density at radius 1 is 1.32 bits per heavy atom. The molecule has 0 radical (unpaired) electrons. The van der Waals surface area contributed by atoms with Crippen LogP contribution in [0.5, 0.6) is 0 Å². The Kier molecular flexibility index (Phi) is 5.50. The van der Waals surface area contributed by atoms with Crippen LogP contribution < -0.4 is 5.32 Å². The van der Waals surface area contributed by atoms with E-state index in [4.69, 9.17) is 9.47 Å². The molecule has 0 amide bonds. The number of nitrogens with one attached hydrogen (secondary N) is 1. The second-order valence-electron chi connectivity index (χ2n) is 6.87. The van der Waals surface area contributed by atoms with Gasteiger partial charge in [-0.05, 0) is 44.9 Å². The Morgan fingerprint density at radius 2 is 2.14 bits per heavy atom. The van der Waals surface area contributed by atoms with Gasteiger partial charge < -0.3 is 19.4 Å². The topological polar surface area (TPSA) is 48.3 Å². The smallest absolute Gasteiger partial charge is 0.100 e. The lowest BCUT2D eigenvalue weighted by Crippen LogP contribution is -2.42. The summed E-state index contributed by atoms with van der Waals surface area (Å²) in [7, 11) is 2.04. The quantitative estimate of drug-likeness (QED) is 0.907. The minimum absolute atomic E-state index is 0.175. The van der Waals surface area contributed by atoms with E-state index in [-0.39, 0.29) is 6.10 Å². The van der Waals surface area contributed by atoms with Gasteiger partial charge in [-0.25, -0.2) is 4.98 Å². The lowest BCUT2D eigenvalue weighted by atomic mass is 9.92. The number of nitrogens with zero attached hydrogens (tertiary/aromatic N) is 2. The molecule has 3 rings (SSSR count). The molecule has 1 aromatic heterocycles. The first-order chi connectivity index (χ1) is 10.7. The molecular weight excluding hydrogens is 278 g/mol. The van der Waals surface area contributed by atoms with Crippen molar-refractivity contribution < 1.29 is 9.47 Å². The van der Waals surface area contributed by atoms with E-state index in [0.29, 0.717) is 12.1 Å². The highest BCUT2D eigenvalue weighted by molar-refractivity contribution is 5.04. The van der Waals surface area contributed by atoms with Gasteiger partial charge in [-0.1, -0.05) is 0 Å². The number of imidazole rings is 1. The molecule has 0 aromatic carbocycles. The van der Waals surface area contributed by atoms with Crippen molar-refractivity contribution in [1.82, 2.24) is 14.9 Å². The van der Waals surface area contributed by atoms with E-state index < -0.39 is 0 Å². The first-order valence-electron chi connectivity index (χ1n) is 8.64. The molecule has 2 aliphatic rings. The largest absolute Gasteiger partial charge is 0.381 e. The van der Waals surface area contributed by atoms with E-state index in [2.05, 4.69) is 21.8 Å². The number of hydrogen-bond donors (Lipinski definition) is 1. The van der Waals surface area contributed by atoms with Crippen LogP contribution in [0.1, 0.15) is 50.8 Å². The van der Waals surface area contributed by atoms with Crippen LogP contribution in [0.3, 0.4) is 0 Å². The van der Waals surface area contributed by atoms with E-state index in [1.165, 1.54) is 25.0 Å². The molecule has 1 N–H and O–H groups in total. The van der Waals surface area contributed by atoms with Crippen molar-refractivity contribution in [1.29, 1.82) is 0 Å². The van der Waals surface area contributed by atoms with Crippen molar-refractivity contribution in [3.63, 3.8) is 0 Å². The molecule has 124 valence electrons. The van der Waals surface area contributed by atoms with Crippen molar-refractivity contribution in [2.24, 2.45) is 13.0 Å². The zero-order valence-corrected chi connectivity index (χ0v) is 13.8. The van der Waals surface area contributed by atoms with E-state index in [0.717, 1.165) is 38.6 Å². The fourth-order valence-electron chi connectivity index (χ4n) is 3.78. The standard InChI is InChI=1S/C17H29N3O2/c1-13(9-14-3-6-21-7-4-14)19-15-5-8-22-17(10-15)16-11-18-12-20(16)2/h11-15,17,19H,3-10H2,1-2H3/t13-,15+,17-/m1/s1. The number of aromatic nitrogens is 2. The Labute approximate surface area is 133 Å². The molecule has 2 aliphatic heterocycles. The molecule has 5 heteroatoms. The van der Waals surface area contributed by atoms with Crippen molar-refractivity contribution in [2.45, 2.75) is 57.2 Å². The maximum atomic E-state index is 5.95. The Bertz CT molecular complexity index is 457. The number of ether oxygens (including phenoxy) is 2. The van der Waals surface area contributed by atoms with E-state index >= 15 is 0 Å². The zero-order chi connectivity index (χ0) is 15.4. The molecule has 3 atom stereocenters. The van der Waals surface area contributed by atoms with Gasteiger partial charge in [0, 0.05) is 39.0 Å². The first kappa shape index (κ1) is 16.0. The summed E-state index contributed by atoms with van der Waals surface area (Å²) in [6.45, 7) is 5.04. The zero-order valence-electron chi connectivity index (χ0n) is 13.8. The summed E-state index contributed by atoms with van der Waals surface area (Å²) in [5, 5.41) is 3.83. The summed E-state index contributed by atoms with van der Waals surface area (Å²) in [6, 6.07) is 1.11. The molecule has 22 heavy (non-hydrogen) atoms. The maximum absolute atomic E-state index is 5.95. The van der Waals surface area contributed by atoms with Crippen LogP contribution in [-0.2, 0) is 16.5 Å². The van der Waals surface area contributed by atoms with Gasteiger partial charge in [0.2, 0.25) is 0 Å². The predicted octanol–water partition coefficient (Wildman–Crippen LogP) is 2.44. The maximum Gasteiger partial charge on any atom is 0.100 e. The van der Waals surface area contributed by atoms with E-state index in [1.54, 1.807) is 0 Å². The highest BCUT2D eigenvalue weighted by Gasteiger charge is 2.27. The van der Waals surface area contributed by atoms with Gasteiger partial charge in [-0.2, -0.15) is 0 Å². The summed E-state index contributed by atoms with van der Waals surface area (Å²) in [6.07, 6.45) is 9.80. The van der Waals surface area contributed by atoms with E-state index in [1.807, 2.05) is 19.6 Å². The fourth-order valence-corrected chi connectivity index (χ4v) is 3.78. The van der Waals surface area contributed by atoms with Gasteiger partial charge in [-0.15, -0.1) is 0 Å². The SMILES string of the molecule is C[C@H](CC1CCOCC1)N[C@H]1CCO[C@@H](c2cncn2C)C1.